The Morgan fingerprint density at radius 3 is 2.18 bits per heavy atom. The first kappa shape index (κ1) is 21.0. The van der Waals surface area contributed by atoms with Crippen LogP contribution in [0.15, 0.2) is 66.7 Å². The second-order valence-electron chi connectivity index (χ2n) is 9.15. The summed E-state index contributed by atoms with van der Waals surface area (Å²) in [5.41, 5.74) is 5.29. The quantitative estimate of drug-likeness (QED) is 0.408. The Morgan fingerprint density at radius 2 is 1.50 bits per heavy atom. The number of fused-ring (bicyclic) bond motifs is 5. The molecule has 2 bridgehead atoms. The first-order chi connectivity index (χ1) is 16.5. The van der Waals surface area contributed by atoms with Crippen LogP contribution >= 0.6 is 0 Å². The normalized spacial score (nSPS) is 20.7. The van der Waals surface area contributed by atoms with Gasteiger partial charge in [-0.3, -0.25) is 4.90 Å². The summed E-state index contributed by atoms with van der Waals surface area (Å²) in [4.78, 5) is 14.9. The second-order valence-corrected chi connectivity index (χ2v) is 9.15. The first-order valence-electron chi connectivity index (χ1n) is 11.5. The van der Waals surface area contributed by atoms with E-state index in [1.165, 1.54) is 11.1 Å². The van der Waals surface area contributed by atoms with E-state index in [4.69, 9.17) is 4.74 Å². The molecule has 2 heterocycles. The molecular formula is C28H22F3NO2. The number of rotatable bonds is 3. The molecule has 3 aromatic rings. The Labute approximate surface area is 195 Å². The fourth-order valence-electron chi connectivity index (χ4n) is 5.75. The number of carbonyl (C=O) groups excluding carboxylic acids is 1. The van der Waals surface area contributed by atoms with Crippen molar-refractivity contribution in [3.63, 3.8) is 0 Å². The molecule has 3 aromatic carbocycles. The smallest absolute Gasteiger partial charge is 0.410 e. The lowest BCUT2D eigenvalue weighted by molar-refractivity contribution is 0.0866. The van der Waals surface area contributed by atoms with Crippen molar-refractivity contribution in [1.29, 1.82) is 0 Å². The minimum absolute atomic E-state index is 0.0267. The predicted molar refractivity (Wildman–Crippen MR) is 123 cm³/mol. The van der Waals surface area contributed by atoms with Crippen molar-refractivity contribution in [3.8, 4) is 11.1 Å². The van der Waals surface area contributed by atoms with Gasteiger partial charge in [0.25, 0.3) is 0 Å². The average Bonchev–Trinajstić information content (AvgIpc) is 3.30. The number of nitrogens with zero attached hydrogens (tertiary/aromatic N) is 1. The number of amides is 1. The number of hydrogen-bond donors (Lipinski definition) is 0. The molecule has 1 saturated heterocycles. The van der Waals surface area contributed by atoms with Gasteiger partial charge in [-0.2, -0.15) is 0 Å². The maximum atomic E-state index is 14.3. The summed E-state index contributed by atoms with van der Waals surface area (Å²) in [6, 6.07) is 17.4. The molecule has 1 fully saturated rings. The van der Waals surface area contributed by atoms with Crippen LogP contribution in [0.25, 0.3) is 16.7 Å². The van der Waals surface area contributed by atoms with Crippen molar-refractivity contribution in [1.82, 2.24) is 4.90 Å². The van der Waals surface area contributed by atoms with Gasteiger partial charge in [-0.1, -0.05) is 54.6 Å². The summed E-state index contributed by atoms with van der Waals surface area (Å²) in [5.74, 6) is -3.11. The molecule has 6 heteroatoms. The highest BCUT2D eigenvalue weighted by Gasteiger charge is 2.41. The molecule has 34 heavy (non-hydrogen) atoms. The second kappa shape index (κ2) is 8.05. The van der Waals surface area contributed by atoms with Gasteiger partial charge in [-0.05, 0) is 53.2 Å². The molecule has 2 atom stereocenters. The zero-order valence-electron chi connectivity index (χ0n) is 18.3. The van der Waals surface area contributed by atoms with Gasteiger partial charge in [0.2, 0.25) is 0 Å². The van der Waals surface area contributed by atoms with Gasteiger partial charge in [0.05, 0.1) is 6.04 Å². The lowest BCUT2D eigenvalue weighted by Gasteiger charge is -2.33. The molecule has 6 rings (SSSR count). The summed E-state index contributed by atoms with van der Waals surface area (Å²) in [6.07, 6.45) is 3.25. The third-order valence-electron chi connectivity index (χ3n) is 7.30. The fourth-order valence-corrected chi connectivity index (χ4v) is 5.75. The van der Waals surface area contributed by atoms with E-state index in [1.54, 1.807) is 11.0 Å². The van der Waals surface area contributed by atoms with Gasteiger partial charge in [0, 0.05) is 23.6 Å². The maximum absolute atomic E-state index is 14.3. The van der Waals surface area contributed by atoms with Gasteiger partial charge >= 0.3 is 6.09 Å². The molecule has 0 N–H and O–H groups in total. The highest BCUT2D eigenvalue weighted by atomic mass is 19.2. The Bertz CT molecular complexity index is 1290. The highest BCUT2D eigenvalue weighted by Crippen LogP contribution is 2.45. The number of hydrogen-bond acceptors (Lipinski definition) is 2. The highest BCUT2D eigenvalue weighted by molar-refractivity contribution is 5.79. The monoisotopic (exact) mass is 461 g/mol. The zero-order chi connectivity index (χ0) is 23.4. The number of benzene rings is 3. The van der Waals surface area contributed by atoms with Crippen molar-refractivity contribution < 1.29 is 22.7 Å². The number of ether oxygens (including phenoxy) is 1. The maximum Gasteiger partial charge on any atom is 0.410 e. The summed E-state index contributed by atoms with van der Waals surface area (Å²) in [7, 11) is 0. The van der Waals surface area contributed by atoms with Gasteiger partial charge in [0.15, 0.2) is 11.6 Å². The predicted octanol–water partition coefficient (Wildman–Crippen LogP) is 6.67. The Hall–Kier alpha value is -3.54. The summed E-state index contributed by atoms with van der Waals surface area (Å²) >= 11 is 0. The minimum Gasteiger partial charge on any atom is -0.448 e. The molecular weight excluding hydrogens is 439 g/mol. The van der Waals surface area contributed by atoms with Crippen LogP contribution in [0.1, 0.15) is 41.9 Å². The largest absolute Gasteiger partial charge is 0.448 e. The molecule has 3 aliphatic rings. The topological polar surface area (TPSA) is 29.5 Å². The van der Waals surface area contributed by atoms with E-state index in [-0.39, 0.29) is 30.2 Å². The van der Waals surface area contributed by atoms with Gasteiger partial charge < -0.3 is 4.74 Å². The molecule has 0 aromatic heterocycles. The van der Waals surface area contributed by atoms with Crippen LogP contribution in [-0.4, -0.2) is 29.7 Å². The van der Waals surface area contributed by atoms with Crippen LogP contribution < -0.4 is 0 Å². The number of carbonyl (C=O) groups is 1. The van der Waals surface area contributed by atoms with Crippen molar-refractivity contribution in [2.75, 3.05) is 6.61 Å². The molecule has 3 nitrogen and oxygen atoms in total. The van der Waals surface area contributed by atoms with Crippen LogP contribution in [0, 0.1) is 17.5 Å². The van der Waals surface area contributed by atoms with Crippen LogP contribution in [0.4, 0.5) is 18.0 Å². The molecule has 2 aliphatic heterocycles. The lowest BCUT2D eigenvalue weighted by atomic mass is 9.94. The minimum atomic E-state index is -1.21. The fraction of sp³-hybridized carbons (Fsp3) is 0.250. The van der Waals surface area contributed by atoms with Gasteiger partial charge in [-0.25, -0.2) is 18.0 Å². The van der Waals surface area contributed by atoms with E-state index in [1.807, 2.05) is 24.3 Å². The molecule has 2 unspecified atom stereocenters. The van der Waals surface area contributed by atoms with Gasteiger partial charge in [-0.15, -0.1) is 0 Å². The molecule has 0 radical (unpaired) electrons. The van der Waals surface area contributed by atoms with Crippen molar-refractivity contribution in [2.45, 2.75) is 37.3 Å². The van der Waals surface area contributed by atoms with Crippen LogP contribution in [-0.2, 0) is 4.74 Å². The van der Waals surface area contributed by atoms with Crippen LogP contribution in [0.2, 0.25) is 0 Å². The SMILES string of the molecule is O=C(OCC1c2ccccc2-c2ccccc21)N1C2C=C(c3cc(F)c(F)cc3F)CC1CC2. The van der Waals surface area contributed by atoms with Crippen molar-refractivity contribution >= 4 is 11.7 Å². The molecule has 1 aliphatic carbocycles. The molecule has 0 saturated carbocycles. The Kier molecular flexibility index (Phi) is 4.97. The van der Waals surface area contributed by atoms with E-state index in [0.29, 0.717) is 18.1 Å². The summed E-state index contributed by atoms with van der Waals surface area (Å²) < 4.78 is 47.3. The Balaban J connectivity index is 1.21. The van der Waals surface area contributed by atoms with Crippen molar-refractivity contribution in [2.24, 2.45) is 0 Å². The summed E-state index contributed by atoms with van der Waals surface area (Å²) in [5, 5.41) is 0. The van der Waals surface area contributed by atoms with E-state index >= 15 is 0 Å². The van der Waals surface area contributed by atoms with E-state index < -0.39 is 23.5 Å². The number of halogens is 3. The molecule has 1 amide bonds. The van der Waals surface area contributed by atoms with E-state index in [9.17, 15) is 18.0 Å². The van der Waals surface area contributed by atoms with Gasteiger partial charge in [0.1, 0.15) is 12.4 Å². The van der Waals surface area contributed by atoms with E-state index in [2.05, 4.69) is 24.3 Å². The zero-order valence-corrected chi connectivity index (χ0v) is 18.3. The van der Waals surface area contributed by atoms with Crippen LogP contribution in [0.5, 0.6) is 0 Å². The lowest BCUT2D eigenvalue weighted by Crippen LogP contribution is -2.43. The average molecular weight is 461 g/mol. The molecule has 172 valence electrons. The molecule has 0 spiro atoms. The van der Waals surface area contributed by atoms with Crippen LogP contribution in [0.3, 0.4) is 0 Å². The first-order valence-corrected chi connectivity index (χ1v) is 11.5. The van der Waals surface area contributed by atoms with E-state index in [0.717, 1.165) is 30.0 Å². The standard InChI is InChI=1S/C28H22F3NO2/c29-25-14-27(31)26(30)13-23(25)16-11-17-9-10-18(12-16)32(17)28(33)34-15-24-21-7-3-1-5-19(21)20-6-2-4-8-22(20)24/h1-8,11,13-14,17-18,24H,9-10,12,15H2. The Morgan fingerprint density at radius 1 is 0.853 bits per heavy atom. The van der Waals surface area contributed by atoms with Crippen molar-refractivity contribution in [3.05, 3.63) is 101 Å². The summed E-state index contributed by atoms with van der Waals surface area (Å²) in [6.45, 7) is 0.233. The third-order valence-corrected chi connectivity index (χ3v) is 7.30. The third kappa shape index (κ3) is 3.31.